The van der Waals surface area contributed by atoms with Gasteiger partial charge in [0.05, 0.1) is 0 Å². The molecule has 0 aliphatic carbocycles. The zero-order valence-electron chi connectivity index (χ0n) is 10.9. The SMILES string of the molecule is CC(C)(CNC1CCCNC1)c1ccccn1. The number of hydrogen-bond acceptors (Lipinski definition) is 3. The molecule has 2 rings (SSSR count). The van der Waals surface area contributed by atoms with Crippen molar-refractivity contribution in [3.63, 3.8) is 0 Å². The maximum absolute atomic E-state index is 4.46. The predicted molar refractivity (Wildman–Crippen MR) is 71.2 cm³/mol. The molecular formula is C14H23N3. The first-order valence-corrected chi connectivity index (χ1v) is 6.54. The highest BCUT2D eigenvalue weighted by Crippen LogP contribution is 2.20. The second-order valence-corrected chi connectivity index (χ2v) is 5.52. The van der Waals surface area contributed by atoms with E-state index in [1.807, 2.05) is 12.3 Å². The minimum absolute atomic E-state index is 0.0959. The number of pyridine rings is 1. The van der Waals surface area contributed by atoms with E-state index in [0.717, 1.165) is 18.8 Å². The van der Waals surface area contributed by atoms with Gasteiger partial charge in [-0.25, -0.2) is 0 Å². The van der Waals surface area contributed by atoms with Gasteiger partial charge in [0.2, 0.25) is 0 Å². The Balaban J connectivity index is 1.88. The number of nitrogens with one attached hydrogen (secondary N) is 2. The van der Waals surface area contributed by atoms with Crippen molar-refractivity contribution >= 4 is 0 Å². The van der Waals surface area contributed by atoms with E-state index in [0.29, 0.717) is 6.04 Å². The van der Waals surface area contributed by atoms with Gasteiger partial charge in [0.15, 0.2) is 0 Å². The van der Waals surface area contributed by atoms with E-state index < -0.39 is 0 Å². The first-order valence-electron chi connectivity index (χ1n) is 6.54. The quantitative estimate of drug-likeness (QED) is 0.831. The minimum Gasteiger partial charge on any atom is -0.315 e. The van der Waals surface area contributed by atoms with Gasteiger partial charge >= 0.3 is 0 Å². The molecule has 1 unspecified atom stereocenters. The van der Waals surface area contributed by atoms with Crippen molar-refractivity contribution in [2.24, 2.45) is 0 Å². The minimum atomic E-state index is 0.0959. The lowest BCUT2D eigenvalue weighted by atomic mass is 9.88. The molecule has 0 aromatic carbocycles. The summed E-state index contributed by atoms with van der Waals surface area (Å²) in [5.74, 6) is 0. The first kappa shape index (κ1) is 12.5. The van der Waals surface area contributed by atoms with Crippen LogP contribution in [0.15, 0.2) is 24.4 Å². The lowest BCUT2D eigenvalue weighted by molar-refractivity contribution is 0.351. The van der Waals surface area contributed by atoms with Gasteiger partial charge in [-0.2, -0.15) is 0 Å². The standard InChI is InChI=1S/C14H23N3/c1-14(2,13-7-3-4-9-16-13)11-17-12-6-5-8-15-10-12/h3-4,7,9,12,15,17H,5-6,8,10-11H2,1-2H3. The first-order chi connectivity index (χ1) is 8.18. The molecule has 1 aromatic heterocycles. The molecule has 1 aliphatic heterocycles. The third kappa shape index (κ3) is 3.51. The smallest absolute Gasteiger partial charge is 0.0472 e. The average Bonchev–Trinajstić information content (AvgIpc) is 2.39. The predicted octanol–water partition coefficient (Wildman–Crippen LogP) is 1.70. The van der Waals surface area contributed by atoms with Gasteiger partial charge in [0, 0.05) is 36.4 Å². The van der Waals surface area contributed by atoms with Crippen molar-refractivity contribution in [1.82, 2.24) is 15.6 Å². The molecule has 1 atom stereocenters. The van der Waals surface area contributed by atoms with Crippen LogP contribution < -0.4 is 10.6 Å². The summed E-state index contributed by atoms with van der Waals surface area (Å²) in [4.78, 5) is 4.46. The van der Waals surface area contributed by atoms with Gasteiger partial charge in [0.1, 0.15) is 0 Å². The summed E-state index contributed by atoms with van der Waals surface area (Å²) < 4.78 is 0. The largest absolute Gasteiger partial charge is 0.315 e. The summed E-state index contributed by atoms with van der Waals surface area (Å²) >= 11 is 0. The fraction of sp³-hybridized carbons (Fsp3) is 0.643. The van der Waals surface area contributed by atoms with Crippen molar-refractivity contribution < 1.29 is 0 Å². The molecule has 1 fully saturated rings. The van der Waals surface area contributed by atoms with Gasteiger partial charge in [-0.3, -0.25) is 4.98 Å². The molecule has 1 aromatic rings. The van der Waals surface area contributed by atoms with Crippen LogP contribution in [0.2, 0.25) is 0 Å². The molecule has 2 N–H and O–H groups in total. The Hall–Kier alpha value is -0.930. The number of hydrogen-bond donors (Lipinski definition) is 2. The second-order valence-electron chi connectivity index (χ2n) is 5.52. The highest BCUT2D eigenvalue weighted by Gasteiger charge is 2.23. The summed E-state index contributed by atoms with van der Waals surface area (Å²) in [6.07, 6.45) is 4.44. The Labute approximate surface area is 104 Å². The van der Waals surface area contributed by atoms with Crippen LogP contribution in [0.1, 0.15) is 32.4 Å². The van der Waals surface area contributed by atoms with Gasteiger partial charge in [0.25, 0.3) is 0 Å². The van der Waals surface area contributed by atoms with Gasteiger partial charge in [-0.15, -0.1) is 0 Å². The van der Waals surface area contributed by atoms with E-state index in [9.17, 15) is 0 Å². The normalized spacial score (nSPS) is 21.4. The van der Waals surface area contributed by atoms with Crippen LogP contribution in [-0.4, -0.2) is 30.7 Å². The summed E-state index contributed by atoms with van der Waals surface area (Å²) in [5.41, 5.74) is 1.26. The summed E-state index contributed by atoms with van der Waals surface area (Å²) in [5, 5.41) is 7.09. The Bertz CT molecular complexity index is 329. The van der Waals surface area contributed by atoms with Crippen LogP contribution in [0.5, 0.6) is 0 Å². The number of rotatable bonds is 4. The van der Waals surface area contributed by atoms with Crippen molar-refractivity contribution in [3.05, 3.63) is 30.1 Å². The molecule has 0 radical (unpaired) electrons. The van der Waals surface area contributed by atoms with E-state index in [4.69, 9.17) is 0 Å². The van der Waals surface area contributed by atoms with Crippen LogP contribution in [0.25, 0.3) is 0 Å². The van der Waals surface area contributed by atoms with E-state index in [1.54, 1.807) is 0 Å². The van der Waals surface area contributed by atoms with E-state index in [2.05, 4.69) is 41.6 Å². The maximum atomic E-state index is 4.46. The van der Waals surface area contributed by atoms with Crippen LogP contribution in [0.3, 0.4) is 0 Å². The van der Waals surface area contributed by atoms with E-state index >= 15 is 0 Å². The number of aromatic nitrogens is 1. The Kier molecular flexibility index (Phi) is 4.13. The number of piperidine rings is 1. The van der Waals surface area contributed by atoms with Gasteiger partial charge in [-0.05, 0) is 31.5 Å². The molecule has 0 saturated carbocycles. The summed E-state index contributed by atoms with van der Waals surface area (Å²) in [6.45, 7) is 7.74. The molecule has 3 nitrogen and oxygen atoms in total. The molecule has 3 heteroatoms. The lowest BCUT2D eigenvalue weighted by Gasteiger charge is -2.30. The highest BCUT2D eigenvalue weighted by atomic mass is 15.0. The number of nitrogens with zero attached hydrogens (tertiary/aromatic N) is 1. The fourth-order valence-electron chi connectivity index (χ4n) is 2.28. The Morgan fingerprint density at radius 3 is 3.00 bits per heavy atom. The molecule has 17 heavy (non-hydrogen) atoms. The van der Waals surface area contributed by atoms with Crippen LogP contribution >= 0.6 is 0 Å². The zero-order chi connectivity index (χ0) is 12.1. The van der Waals surface area contributed by atoms with E-state index in [-0.39, 0.29) is 5.41 Å². The Morgan fingerprint density at radius 2 is 2.35 bits per heavy atom. The fourth-order valence-corrected chi connectivity index (χ4v) is 2.28. The van der Waals surface area contributed by atoms with Crippen LogP contribution in [0.4, 0.5) is 0 Å². The van der Waals surface area contributed by atoms with E-state index in [1.165, 1.54) is 19.4 Å². The topological polar surface area (TPSA) is 37.0 Å². The third-order valence-electron chi connectivity index (χ3n) is 3.49. The second kappa shape index (κ2) is 5.61. The monoisotopic (exact) mass is 233 g/mol. The molecule has 0 bridgehead atoms. The highest BCUT2D eigenvalue weighted by molar-refractivity contribution is 5.15. The van der Waals surface area contributed by atoms with Crippen molar-refractivity contribution in [2.75, 3.05) is 19.6 Å². The molecule has 1 saturated heterocycles. The summed E-state index contributed by atoms with van der Waals surface area (Å²) in [7, 11) is 0. The maximum Gasteiger partial charge on any atom is 0.0472 e. The van der Waals surface area contributed by atoms with Crippen molar-refractivity contribution in [1.29, 1.82) is 0 Å². The van der Waals surface area contributed by atoms with Crippen molar-refractivity contribution in [3.8, 4) is 0 Å². The third-order valence-corrected chi connectivity index (χ3v) is 3.49. The van der Waals surface area contributed by atoms with Gasteiger partial charge < -0.3 is 10.6 Å². The average molecular weight is 233 g/mol. The van der Waals surface area contributed by atoms with Crippen molar-refractivity contribution in [2.45, 2.75) is 38.1 Å². The van der Waals surface area contributed by atoms with Gasteiger partial charge in [-0.1, -0.05) is 19.9 Å². The van der Waals surface area contributed by atoms with Crippen LogP contribution in [-0.2, 0) is 5.41 Å². The molecule has 94 valence electrons. The lowest BCUT2D eigenvalue weighted by Crippen LogP contribution is -2.47. The molecule has 0 spiro atoms. The van der Waals surface area contributed by atoms with Crippen LogP contribution in [0, 0.1) is 0 Å². The zero-order valence-corrected chi connectivity index (χ0v) is 10.9. The molecule has 0 amide bonds. The molecular weight excluding hydrogens is 210 g/mol. The Morgan fingerprint density at radius 1 is 1.47 bits per heavy atom. The molecule has 1 aliphatic rings. The molecule has 2 heterocycles. The summed E-state index contributed by atoms with van der Waals surface area (Å²) in [6, 6.07) is 6.76.